The minimum absolute atomic E-state index is 0.0296. The molecule has 81 heavy (non-hydrogen) atoms. The molecular formula is C25H72F2N6O3P44S. The van der Waals surface area contributed by atoms with E-state index in [-0.39, 0.29) is 187 Å². The first-order chi connectivity index (χ1) is 37.5. The quantitative estimate of drug-likeness (QED) is 0.0509. The Kier molecular flexibility index (Phi) is 50.8. The average molecular weight is 1940 g/mol. The van der Waals surface area contributed by atoms with E-state index in [0.717, 1.165) is 0 Å². The van der Waals surface area contributed by atoms with Gasteiger partial charge in [0.15, 0.2) is 21.3 Å². The number of hydrogen-bond acceptors (Lipinski definition) is 9. The van der Waals surface area contributed by atoms with E-state index >= 15 is 0 Å². The number of hydrogen-bond donors (Lipinski definition) is 2. The number of benzene rings is 2. The molecule has 0 fully saturated rings. The smallest absolute Gasteiger partial charge is 0.270 e. The molecule has 3 N–H and O–H groups in total. The molecule has 0 amide bonds. The number of nitrogens with zero attached hydrogens (tertiary/aromatic N) is 4. The maximum absolute atomic E-state index is 14.7. The van der Waals surface area contributed by atoms with E-state index in [9.17, 15) is 17.2 Å². The van der Waals surface area contributed by atoms with E-state index in [0.29, 0.717) is 23.4 Å². The van der Waals surface area contributed by atoms with Gasteiger partial charge in [0.05, 0.1) is 27.6 Å². The molecule has 2 heterocycles. The van der Waals surface area contributed by atoms with Gasteiger partial charge in [0.2, 0.25) is 0 Å². The lowest BCUT2D eigenvalue weighted by molar-refractivity contribution is 0.344. The molecule has 2 aromatic carbocycles. The molecule has 26 atom stereocenters. The number of nitrogen functional groups attached to an aromatic ring is 1. The standard InChI is InChI=1S/C25H26F2N6O3S.H46P44/c1-14(2)37(34,35)18-7-5-17(6-8-18)21-13-30-23(28)22(31-21)25-33-32-24(36-25)19-9-4-16(10-20(19)27)12-29-11-15(3)26;1-24(2)35(23)41(36(25(3)4)26(5)6)44(42(37(27(7)8)28(9)10)38(29(11)12)30(13)14)43(39(31(15)16)32(17)18)40(33(19)20)34(21)22/h4-10,13-15,29H,11-12H2,1-3H3,(H2,28,30);1-23H2. The third kappa shape index (κ3) is 28.5. The van der Waals surface area contributed by atoms with Crippen molar-refractivity contribution in [2.75, 3.05) is 12.3 Å². The fraction of sp³-hybridized carbons (Fsp3) is 0.280. The van der Waals surface area contributed by atoms with Gasteiger partial charge in [0.1, 0.15) is 12.0 Å². The van der Waals surface area contributed by atoms with Crippen molar-refractivity contribution >= 4 is 368 Å². The van der Waals surface area contributed by atoms with Gasteiger partial charge >= 0.3 is 0 Å². The Hall–Kier alpha value is 15.1. The fourth-order valence-electron chi connectivity index (χ4n) is 5.96. The Bertz CT molecular complexity index is 2530. The maximum Gasteiger partial charge on any atom is 0.270 e. The van der Waals surface area contributed by atoms with Gasteiger partial charge in [-0.3, -0.25) is 0 Å². The zero-order valence-electron chi connectivity index (χ0n) is 43.1. The number of rotatable bonds is 29. The van der Waals surface area contributed by atoms with Crippen LogP contribution in [0.15, 0.2) is 58.0 Å². The highest BCUT2D eigenvalue weighted by Gasteiger charge is 2.57. The van der Waals surface area contributed by atoms with Crippen LogP contribution in [0.5, 0.6) is 0 Å². The van der Waals surface area contributed by atoms with Gasteiger partial charge in [-0.1, -0.05) is 18.2 Å². The Labute approximate surface area is 558 Å². The van der Waals surface area contributed by atoms with Crippen molar-refractivity contribution in [3.8, 4) is 34.3 Å². The van der Waals surface area contributed by atoms with Crippen LogP contribution >= 0.6 is 352 Å². The first-order valence-electron chi connectivity index (χ1n) is 21.4. The van der Waals surface area contributed by atoms with Crippen LogP contribution in [0.3, 0.4) is 0 Å². The van der Waals surface area contributed by atoms with Crippen LogP contribution in [-0.2, 0) is 16.4 Å². The van der Waals surface area contributed by atoms with Crippen LogP contribution < -0.4 is 11.1 Å². The SMILES string of the molecule is CC(F)CNCc1ccc(-c2nnc(-c3nc(-c4ccc(S(=O)(=O)C(C)C)cc4)cnc3N)o2)c(F)c1.PP(P)P(P)P(P(P(P)P)P(P)P)P(P(P(P(P)P)P(P)P)P(P(P)P)P(P)P)P(P(P(P)P)P(P)P)P(P(P)P)P(P)P. The van der Waals surface area contributed by atoms with Crippen LogP contribution in [0.1, 0.15) is 26.3 Å². The second-order valence-electron chi connectivity index (χ2n) is 15.7. The normalized spacial score (nSPS) is 14.3. The molecule has 0 aliphatic carbocycles. The van der Waals surface area contributed by atoms with Crippen LogP contribution in [0.4, 0.5) is 14.6 Å². The number of halogens is 2. The first kappa shape index (κ1) is 90.4. The largest absolute Gasteiger partial charge is 0.414 e. The van der Waals surface area contributed by atoms with Crippen LogP contribution in [0.25, 0.3) is 34.3 Å². The molecule has 4 aromatic rings. The summed E-state index contributed by atoms with van der Waals surface area (Å²) in [5.74, 6) is -0.670. The van der Waals surface area contributed by atoms with Gasteiger partial charge in [0.25, 0.3) is 11.8 Å². The van der Waals surface area contributed by atoms with E-state index in [1.807, 2.05) is 0 Å². The van der Waals surface area contributed by atoms with E-state index in [1.54, 1.807) is 32.0 Å². The Morgan fingerprint density at radius 2 is 0.951 bits per heavy atom. The van der Waals surface area contributed by atoms with Gasteiger partial charge in [-0.2, -0.15) is 0 Å². The molecule has 2 aromatic heterocycles. The van der Waals surface area contributed by atoms with E-state index in [4.69, 9.17) is 10.2 Å². The van der Waals surface area contributed by atoms with E-state index < -0.39 is 27.1 Å². The number of anilines is 1. The Balaban J connectivity index is 0.000000430. The summed E-state index contributed by atoms with van der Waals surface area (Å²) >= 11 is 0. The van der Waals surface area contributed by atoms with Crippen LogP contribution in [-0.4, -0.2) is 46.5 Å². The summed E-state index contributed by atoms with van der Waals surface area (Å²) in [5.41, 5.74) is 7.83. The summed E-state index contributed by atoms with van der Waals surface area (Å²) in [5, 5.41) is 10.2. The van der Waals surface area contributed by atoms with Crippen LogP contribution in [0.2, 0.25) is 0 Å². The van der Waals surface area contributed by atoms with Gasteiger partial charge in [0, 0.05) is 18.7 Å². The third-order valence-corrected chi connectivity index (χ3v) is 313. The summed E-state index contributed by atoms with van der Waals surface area (Å²) in [6.07, 6.45) is 0.438. The molecule has 0 saturated carbocycles. The number of sulfone groups is 1. The fourth-order valence-corrected chi connectivity index (χ4v) is 610. The Morgan fingerprint density at radius 3 is 1.32 bits per heavy atom. The number of nitrogens with one attached hydrogen (secondary N) is 1. The molecule has 0 spiro atoms. The number of nitrogens with two attached hydrogens (primary N) is 1. The minimum Gasteiger partial charge on any atom is -0.414 e. The maximum atomic E-state index is 14.7. The lowest BCUT2D eigenvalue weighted by atomic mass is 10.1. The van der Waals surface area contributed by atoms with E-state index in [1.165, 1.54) is 37.4 Å². The van der Waals surface area contributed by atoms with Crippen molar-refractivity contribution in [3.05, 3.63) is 60.0 Å². The number of aromatic nitrogens is 4. The van der Waals surface area contributed by atoms with Crippen LogP contribution in [0, 0.1) is 5.82 Å². The minimum atomic E-state index is -3.41. The summed E-state index contributed by atoms with van der Waals surface area (Å²) < 4.78 is 58.1. The molecule has 9 nitrogen and oxygen atoms in total. The van der Waals surface area contributed by atoms with Crippen molar-refractivity contribution < 1.29 is 21.6 Å². The van der Waals surface area contributed by atoms with Crippen molar-refractivity contribution in [1.29, 1.82) is 0 Å². The summed E-state index contributed by atoms with van der Waals surface area (Å²) in [7, 11) is 75.4. The monoisotopic (exact) mass is 1940 g/mol. The van der Waals surface area contributed by atoms with Gasteiger partial charge in [-0.25, -0.2) is 27.2 Å². The van der Waals surface area contributed by atoms with Gasteiger partial charge in [-0.15, -0.1) is 216 Å². The molecular weight excluding hydrogens is 1870 g/mol. The first-order valence-corrected chi connectivity index (χ1v) is 102. The second-order valence-corrected chi connectivity index (χ2v) is 198. The molecule has 26 unspecified atom stereocenters. The van der Waals surface area contributed by atoms with Crippen molar-refractivity contribution in [2.45, 2.75) is 43.6 Å². The zero-order valence-corrected chi connectivity index (χ0v) is 89.3. The second kappa shape index (κ2) is 45.5. The Morgan fingerprint density at radius 1 is 0.556 bits per heavy atom. The summed E-state index contributed by atoms with van der Waals surface area (Å²) in [6, 6.07) is 10.8. The van der Waals surface area contributed by atoms with Gasteiger partial charge in [-0.05, 0) is 197 Å². The molecule has 56 heteroatoms. The highest BCUT2D eigenvalue weighted by atomic mass is 33.6. The zero-order chi connectivity index (χ0) is 61.9. The highest BCUT2D eigenvalue weighted by molar-refractivity contribution is 9.50. The number of alkyl halides is 1. The molecule has 0 bridgehead atoms. The molecule has 0 radical (unpaired) electrons. The third-order valence-electron chi connectivity index (χ3n) is 9.31. The van der Waals surface area contributed by atoms with E-state index in [2.05, 4.69) is 231 Å². The molecule has 0 saturated heterocycles. The molecule has 0 aliphatic heterocycles. The molecule has 0 aliphatic rings. The van der Waals surface area contributed by atoms with Crippen molar-refractivity contribution in [3.63, 3.8) is 0 Å². The van der Waals surface area contributed by atoms with Gasteiger partial charge < -0.3 is 15.5 Å². The molecule has 460 valence electrons. The average Bonchev–Trinajstić information content (AvgIpc) is 3.82. The summed E-state index contributed by atoms with van der Waals surface area (Å²) in [4.78, 5) is 8.82. The van der Waals surface area contributed by atoms with Crippen molar-refractivity contribution in [1.82, 2.24) is 25.5 Å². The molecule has 4 rings (SSSR count). The lowest BCUT2D eigenvalue weighted by Crippen LogP contribution is -2.21. The predicted molar refractivity (Wildman–Crippen MR) is 504 cm³/mol. The lowest BCUT2D eigenvalue weighted by Gasteiger charge is -2.57. The topological polar surface area (TPSA) is 137 Å². The highest BCUT2D eigenvalue weighted by Crippen LogP contribution is 3.44. The predicted octanol–water partition coefficient (Wildman–Crippen LogP) is 29.8. The summed E-state index contributed by atoms with van der Waals surface area (Å²) in [6.45, 7) is 2.53. The van der Waals surface area contributed by atoms with Crippen molar-refractivity contribution in [2.24, 2.45) is 0 Å².